The molecule has 1 atom stereocenters. The molecule has 6 heteroatoms. The third-order valence-electron chi connectivity index (χ3n) is 8.73. The van der Waals surface area contributed by atoms with Crippen molar-refractivity contribution in [1.82, 2.24) is 0 Å². The summed E-state index contributed by atoms with van der Waals surface area (Å²) in [6.07, 6.45) is 53.0. The number of unbranched alkanes of at least 4 members (excludes halogenated alkanes) is 16. The molecule has 0 radical (unpaired) electrons. The van der Waals surface area contributed by atoms with Crippen LogP contribution in [0.1, 0.15) is 181 Å². The number of allylic oxidation sites excluding steroid dienone is 14. The van der Waals surface area contributed by atoms with Gasteiger partial charge < -0.3 is 14.2 Å². The zero-order valence-electron chi connectivity index (χ0n) is 34.7. The highest BCUT2D eigenvalue weighted by Crippen LogP contribution is 2.11. The van der Waals surface area contributed by atoms with Gasteiger partial charge in [-0.15, -0.1) is 0 Å². The zero-order valence-corrected chi connectivity index (χ0v) is 34.7. The lowest BCUT2D eigenvalue weighted by atomic mass is 10.1. The first-order valence-corrected chi connectivity index (χ1v) is 21.7. The third kappa shape index (κ3) is 39.8. The van der Waals surface area contributed by atoms with Gasteiger partial charge in [0.1, 0.15) is 13.2 Å². The number of hydrogen-bond acceptors (Lipinski definition) is 6. The van der Waals surface area contributed by atoms with Crippen LogP contribution in [0.5, 0.6) is 0 Å². The van der Waals surface area contributed by atoms with Gasteiger partial charge in [0.15, 0.2) is 6.10 Å². The average molecular weight is 751 g/mol. The summed E-state index contributed by atoms with van der Waals surface area (Å²) >= 11 is 0. The summed E-state index contributed by atoms with van der Waals surface area (Å²) in [7, 11) is 0. The van der Waals surface area contributed by atoms with E-state index in [9.17, 15) is 14.4 Å². The Morgan fingerprint density at radius 2 is 0.759 bits per heavy atom. The van der Waals surface area contributed by atoms with Crippen molar-refractivity contribution in [3.8, 4) is 0 Å². The Morgan fingerprint density at radius 3 is 1.28 bits per heavy atom. The smallest absolute Gasteiger partial charge is 0.306 e. The minimum atomic E-state index is -0.827. The second-order valence-electron chi connectivity index (χ2n) is 14.0. The molecule has 0 bridgehead atoms. The SMILES string of the molecule is CC\C=C/C=C\C=C/C=C\C=C/CCCC(=O)OC(COC(=O)CCC/C=C\CCCCCC)COC(=O)CCCCC/C=C\CCCCCCCCC. The highest BCUT2D eigenvalue weighted by atomic mass is 16.6. The van der Waals surface area contributed by atoms with Crippen LogP contribution in [0.15, 0.2) is 85.1 Å². The summed E-state index contributed by atoms with van der Waals surface area (Å²) < 4.78 is 16.5. The molecule has 0 aliphatic heterocycles. The van der Waals surface area contributed by atoms with E-state index in [4.69, 9.17) is 14.2 Å². The van der Waals surface area contributed by atoms with E-state index in [0.29, 0.717) is 25.7 Å². The lowest BCUT2D eigenvalue weighted by Gasteiger charge is -2.18. The number of rotatable bonds is 37. The highest BCUT2D eigenvalue weighted by molar-refractivity contribution is 5.71. The Morgan fingerprint density at radius 1 is 0.389 bits per heavy atom. The standard InChI is InChI=1S/C48H78O6/c1-4-7-10-13-16-19-21-23-25-26-29-32-35-38-41-47(50)53-44-45(43-52-46(49)40-37-34-31-28-18-15-12-9-6-3)54-48(51)42-39-36-33-30-27-24-22-20-17-14-11-8-5-2/h8,11,14,17,20,22,24-28,30-31,33,45H,4-7,9-10,12-13,15-16,18-19,21,23,29,32,34-44H2,1-3H3/b11-8-,17-14-,22-20-,26-25-,27-24-,31-28-,33-30-. The van der Waals surface area contributed by atoms with Crippen LogP contribution in [0, 0.1) is 0 Å². The van der Waals surface area contributed by atoms with E-state index in [1.165, 1.54) is 70.6 Å². The molecule has 0 aromatic rings. The van der Waals surface area contributed by atoms with E-state index in [1.54, 1.807) is 0 Å². The maximum Gasteiger partial charge on any atom is 0.306 e. The normalized spacial score (nSPS) is 12.9. The van der Waals surface area contributed by atoms with Gasteiger partial charge >= 0.3 is 17.9 Å². The Kier molecular flexibility index (Phi) is 39.7. The fraction of sp³-hybridized carbons (Fsp3) is 0.646. The molecule has 0 aromatic carbocycles. The van der Waals surface area contributed by atoms with Crippen LogP contribution in [0.25, 0.3) is 0 Å². The van der Waals surface area contributed by atoms with Crippen LogP contribution in [0.2, 0.25) is 0 Å². The quantitative estimate of drug-likeness (QED) is 0.0207. The second-order valence-corrected chi connectivity index (χ2v) is 14.0. The lowest BCUT2D eigenvalue weighted by Crippen LogP contribution is -2.30. The molecule has 0 N–H and O–H groups in total. The molecule has 0 heterocycles. The number of carbonyl (C=O) groups is 3. The van der Waals surface area contributed by atoms with Crippen molar-refractivity contribution in [2.45, 2.75) is 187 Å². The van der Waals surface area contributed by atoms with Crippen molar-refractivity contribution in [3.63, 3.8) is 0 Å². The van der Waals surface area contributed by atoms with Gasteiger partial charge in [-0.05, 0) is 77.0 Å². The summed E-state index contributed by atoms with van der Waals surface area (Å²) in [5.41, 5.74) is 0. The van der Waals surface area contributed by atoms with Gasteiger partial charge in [0.05, 0.1) is 0 Å². The molecular weight excluding hydrogens is 673 g/mol. The molecule has 0 rings (SSSR count). The molecule has 0 amide bonds. The average Bonchev–Trinajstić information content (AvgIpc) is 3.17. The third-order valence-corrected chi connectivity index (χ3v) is 8.73. The van der Waals surface area contributed by atoms with Crippen molar-refractivity contribution in [3.05, 3.63) is 85.1 Å². The number of ether oxygens (including phenoxy) is 3. The van der Waals surface area contributed by atoms with Crippen molar-refractivity contribution >= 4 is 17.9 Å². The molecule has 0 aromatic heterocycles. The molecular formula is C48H78O6. The van der Waals surface area contributed by atoms with Crippen LogP contribution in [-0.4, -0.2) is 37.2 Å². The van der Waals surface area contributed by atoms with Crippen molar-refractivity contribution in [2.75, 3.05) is 13.2 Å². The first-order valence-electron chi connectivity index (χ1n) is 21.7. The van der Waals surface area contributed by atoms with Gasteiger partial charge in [-0.3, -0.25) is 14.4 Å². The number of carbonyl (C=O) groups excluding carboxylic acids is 3. The predicted octanol–water partition coefficient (Wildman–Crippen LogP) is 13.7. The molecule has 1 unspecified atom stereocenters. The monoisotopic (exact) mass is 751 g/mol. The van der Waals surface area contributed by atoms with Crippen molar-refractivity contribution in [2.24, 2.45) is 0 Å². The zero-order chi connectivity index (χ0) is 39.4. The Labute approximate surface area is 331 Å². The van der Waals surface area contributed by atoms with E-state index >= 15 is 0 Å². The molecule has 0 aliphatic carbocycles. The van der Waals surface area contributed by atoms with E-state index in [-0.39, 0.29) is 31.6 Å². The summed E-state index contributed by atoms with van der Waals surface area (Å²) in [5.74, 6) is -1.06. The fourth-order valence-corrected chi connectivity index (χ4v) is 5.47. The first-order chi connectivity index (χ1) is 26.5. The Bertz CT molecular complexity index is 1090. The number of hydrogen-bond donors (Lipinski definition) is 0. The highest BCUT2D eigenvalue weighted by Gasteiger charge is 2.19. The second kappa shape index (κ2) is 42.3. The molecule has 0 aliphatic rings. The molecule has 6 nitrogen and oxygen atoms in total. The molecule has 54 heavy (non-hydrogen) atoms. The first kappa shape index (κ1) is 50.6. The van der Waals surface area contributed by atoms with Crippen LogP contribution in [0.3, 0.4) is 0 Å². The van der Waals surface area contributed by atoms with Crippen molar-refractivity contribution < 1.29 is 28.6 Å². The van der Waals surface area contributed by atoms with Gasteiger partial charge in [0, 0.05) is 19.3 Å². The fourth-order valence-electron chi connectivity index (χ4n) is 5.47. The summed E-state index contributed by atoms with van der Waals surface area (Å²) in [5, 5.41) is 0. The van der Waals surface area contributed by atoms with Gasteiger partial charge in [0.25, 0.3) is 0 Å². The van der Waals surface area contributed by atoms with Gasteiger partial charge in [-0.1, -0.05) is 170 Å². The van der Waals surface area contributed by atoms with E-state index in [0.717, 1.165) is 57.8 Å². The summed E-state index contributed by atoms with van der Waals surface area (Å²) in [6, 6.07) is 0. The van der Waals surface area contributed by atoms with Gasteiger partial charge in [-0.25, -0.2) is 0 Å². The van der Waals surface area contributed by atoms with Crippen LogP contribution < -0.4 is 0 Å². The minimum Gasteiger partial charge on any atom is -0.462 e. The van der Waals surface area contributed by atoms with E-state index in [2.05, 4.69) is 51.2 Å². The van der Waals surface area contributed by atoms with Crippen LogP contribution >= 0.6 is 0 Å². The molecule has 0 fully saturated rings. The van der Waals surface area contributed by atoms with Crippen LogP contribution in [-0.2, 0) is 28.6 Å². The summed E-state index contributed by atoms with van der Waals surface area (Å²) in [6.45, 7) is 6.32. The van der Waals surface area contributed by atoms with E-state index in [1.807, 2.05) is 54.7 Å². The molecule has 306 valence electrons. The van der Waals surface area contributed by atoms with E-state index < -0.39 is 12.1 Å². The van der Waals surface area contributed by atoms with Gasteiger partial charge in [-0.2, -0.15) is 0 Å². The molecule has 0 saturated heterocycles. The lowest BCUT2D eigenvalue weighted by molar-refractivity contribution is -0.167. The van der Waals surface area contributed by atoms with Gasteiger partial charge in [0.2, 0.25) is 0 Å². The Balaban J connectivity index is 4.55. The van der Waals surface area contributed by atoms with Crippen molar-refractivity contribution in [1.29, 1.82) is 0 Å². The summed E-state index contributed by atoms with van der Waals surface area (Å²) in [4.78, 5) is 37.6. The Hall–Kier alpha value is -3.41. The largest absolute Gasteiger partial charge is 0.462 e. The predicted molar refractivity (Wildman–Crippen MR) is 228 cm³/mol. The topological polar surface area (TPSA) is 78.9 Å². The van der Waals surface area contributed by atoms with Crippen LogP contribution in [0.4, 0.5) is 0 Å². The molecule has 0 spiro atoms. The number of esters is 3. The minimum absolute atomic E-state index is 0.123. The molecule has 0 saturated carbocycles. The maximum absolute atomic E-state index is 12.6. The maximum atomic E-state index is 12.6.